The topological polar surface area (TPSA) is 68.0 Å². The molecule has 1 aromatic carbocycles. The van der Waals surface area contributed by atoms with Gasteiger partial charge in [0.15, 0.2) is 0 Å². The Labute approximate surface area is 133 Å². The number of nitrogens with two attached hydrogens (primary N) is 1. The lowest BCUT2D eigenvalue weighted by molar-refractivity contribution is 0.0921. The molecule has 112 valence electrons. The molecule has 0 spiro atoms. The number of amides is 1. The lowest BCUT2D eigenvalue weighted by Crippen LogP contribution is -2.32. The maximum absolute atomic E-state index is 12.3. The third-order valence-corrected chi connectivity index (χ3v) is 4.26. The first-order valence-corrected chi connectivity index (χ1v) is 7.97. The molecule has 21 heavy (non-hydrogen) atoms. The van der Waals surface area contributed by atoms with Crippen molar-refractivity contribution in [3.63, 3.8) is 0 Å². The van der Waals surface area contributed by atoms with Gasteiger partial charge < -0.3 is 11.1 Å². The minimum atomic E-state index is -0.181. The van der Waals surface area contributed by atoms with Crippen LogP contribution in [0.2, 0.25) is 5.02 Å². The number of thiazole rings is 1. The Morgan fingerprint density at radius 3 is 2.57 bits per heavy atom. The fraction of sp³-hybridized carbons (Fsp3) is 0.333. The highest BCUT2D eigenvalue weighted by Gasteiger charge is 2.20. The van der Waals surface area contributed by atoms with E-state index in [1.807, 2.05) is 24.3 Å². The lowest BCUT2D eigenvalue weighted by Gasteiger charge is -2.22. The Balaban J connectivity index is 2.16. The summed E-state index contributed by atoms with van der Waals surface area (Å²) in [6.45, 7) is 4.47. The van der Waals surface area contributed by atoms with E-state index in [1.165, 1.54) is 11.3 Å². The van der Waals surface area contributed by atoms with E-state index in [0.717, 1.165) is 10.6 Å². The first-order chi connectivity index (χ1) is 10.0. The summed E-state index contributed by atoms with van der Waals surface area (Å²) in [7, 11) is 0. The molecule has 0 saturated heterocycles. The second-order valence-corrected chi connectivity index (χ2v) is 6.46. The van der Waals surface area contributed by atoms with Crippen molar-refractivity contribution in [2.45, 2.75) is 26.4 Å². The van der Waals surface area contributed by atoms with Crippen molar-refractivity contribution >= 4 is 28.8 Å². The highest BCUT2D eigenvalue weighted by molar-refractivity contribution is 7.09. The predicted octanol–water partition coefficient (Wildman–Crippen LogP) is 3.38. The van der Waals surface area contributed by atoms with Crippen LogP contribution in [0.3, 0.4) is 0 Å². The average Bonchev–Trinajstić information content (AvgIpc) is 2.94. The molecule has 2 rings (SSSR count). The van der Waals surface area contributed by atoms with E-state index >= 15 is 0 Å². The van der Waals surface area contributed by atoms with Crippen LogP contribution in [0.1, 0.15) is 40.9 Å². The minimum Gasteiger partial charge on any atom is -0.344 e. The number of aromatic nitrogens is 1. The normalized spacial score (nSPS) is 12.4. The Morgan fingerprint density at radius 1 is 1.38 bits per heavy atom. The van der Waals surface area contributed by atoms with Gasteiger partial charge >= 0.3 is 0 Å². The van der Waals surface area contributed by atoms with Gasteiger partial charge in [-0.15, -0.1) is 11.3 Å². The van der Waals surface area contributed by atoms with Crippen LogP contribution in [0, 0.1) is 5.92 Å². The van der Waals surface area contributed by atoms with Crippen molar-refractivity contribution in [3.8, 4) is 0 Å². The maximum Gasteiger partial charge on any atom is 0.271 e. The summed E-state index contributed by atoms with van der Waals surface area (Å²) >= 11 is 7.31. The number of hydrogen-bond acceptors (Lipinski definition) is 4. The predicted molar refractivity (Wildman–Crippen MR) is 86.5 cm³/mol. The van der Waals surface area contributed by atoms with Crippen LogP contribution in [0.4, 0.5) is 0 Å². The van der Waals surface area contributed by atoms with Crippen LogP contribution in [0.5, 0.6) is 0 Å². The quantitative estimate of drug-likeness (QED) is 0.886. The Bertz CT molecular complexity index is 610. The van der Waals surface area contributed by atoms with Crippen LogP contribution >= 0.6 is 22.9 Å². The van der Waals surface area contributed by atoms with Gasteiger partial charge in [-0.25, -0.2) is 4.98 Å². The number of halogens is 1. The van der Waals surface area contributed by atoms with Crippen LogP contribution in [0.25, 0.3) is 0 Å². The van der Waals surface area contributed by atoms with Gasteiger partial charge in [0.05, 0.1) is 6.04 Å². The first-order valence-electron chi connectivity index (χ1n) is 6.72. The molecule has 0 bridgehead atoms. The number of benzene rings is 1. The van der Waals surface area contributed by atoms with Crippen molar-refractivity contribution in [2.75, 3.05) is 0 Å². The van der Waals surface area contributed by atoms with Crippen LogP contribution < -0.4 is 11.1 Å². The molecule has 4 nitrogen and oxygen atoms in total. The molecular weight excluding hydrogens is 306 g/mol. The van der Waals surface area contributed by atoms with E-state index in [9.17, 15) is 4.79 Å². The van der Waals surface area contributed by atoms with Gasteiger partial charge in [-0.05, 0) is 23.6 Å². The van der Waals surface area contributed by atoms with Crippen LogP contribution in [-0.2, 0) is 6.54 Å². The molecule has 1 atom stereocenters. The summed E-state index contributed by atoms with van der Waals surface area (Å²) in [5, 5.41) is 6.20. The van der Waals surface area contributed by atoms with Crippen molar-refractivity contribution in [1.82, 2.24) is 10.3 Å². The zero-order valence-electron chi connectivity index (χ0n) is 12.0. The van der Waals surface area contributed by atoms with E-state index in [2.05, 4.69) is 24.1 Å². The van der Waals surface area contributed by atoms with E-state index in [1.54, 1.807) is 5.38 Å². The molecule has 1 amide bonds. The minimum absolute atomic E-state index is 0.0854. The van der Waals surface area contributed by atoms with Crippen molar-refractivity contribution in [1.29, 1.82) is 0 Å². The number of carbonyl (C=O) groups excluding carboxylic acids is 1. The van der Waals surface area contributed by atoms with Crippen molar-refractivity contribution < 1.29 is 4.79 Å². The van der Waals surface area contributed by atoms with E-state index < -0.39 is 0 Å². The molecule has 1 unspecified atom stereocenters. The molecule has 2 aromatic rings. The number of nitrogens with one attached hydrogen (secondary N) is 1. The number of hydrogen-bond donors (Lipinski definition) is 2. The van der Waals surface area contributed by atoms with Gasteiger partial charge in [-0.1, -0.05) is 37.6 Å². The average molecular weight is 324 g/mol. The molecule has 0 radical (unpaired) electrons. The molecule has 6 heteroatoms. The largest absolute Gasteiger partial charge is 0.344 e. The van der Waals surface area contributed by atoms with Gasteiger partial charge in [-0.3, -0.25) is 4.79 Å². The van der Waals surface area contributed by atoms with Gasteiger partial charge in [0, 0.05) is 16.9 Å². The monoisotopic (exact) mass is 323 g/mol. The molecular formula is C15H18ClN3OS. The summed E-state index contributed by atoms with van der Waals surface area (Å²) in [6, 6.07) is 7.43. The fourth-order valence-electron chi connectivity index (χ4n) is 2.03. The van der Waals surface area contributed by atoms with Crippen LogP contribution in [0.15, 0.2) is 29.6 Å². The third-order valence-electron chi connectivity index (χ3n) is 3.14. The van der Waals surface area contributed by atoms with Gasteiger partial charge in [0.1, 0.15) is 10.7 Å². The zero-order chi connectivity index (χ0) is 15.4. The number of carbonyl (C=O) groups is 1. The second kappa shape index (κ2) is 7.02. The van der Waals surface area contributed by atoms with Gasteiger partial charge in [0.2, 0.25) is 0 Å². The number of nitrogens with zero attached hydrogens (tertiary/aromatic N) is 1. The van der Waals surface area contributed by atoms with E-state index in [0.29, 0.717) is 17.3 Å². The van der Waals surface area contributed by atoms with Crippen molar-refractivity contribution in [3.05, 3.63) is 50.9 Å². The Kier molecular flexibility index (Phi) is 5.33. The maximum atomic E-state index is 12.3. The highest BCUT2D eigenvalue weighted by Crippen LogP contribution is 2.24. The summed E-state index contributed by atoms with van der Waals surface area (Å²) < 4.78 is 0. The first kappa shape index (κ1) is 15.9. The second-order valence-electron chi connectivity index (χ2n) is 5.08. The molecule has 3 N–H and O–H groups in total. The molecule has 1 heterocycles. The van der Waals surface area contributed by atoms with E-state index in [4.69, 9.17) is 17.3 Å². The molecule has 1 aromatic heterocycles. The van der Waals surface area contributed by atoms with Gasteiger partial charge in [-0.2, -0.15) is 0 Å². The smallest absolute Gasteiger partial charge is 0.271 e. The molecule has 0 fully saturated rings. The SMILES string of the molecule is CC(C)C(NC(=O)c1csc(CN)n1)c1ccc(Cl)cc1. The molecule has 0 aliphatic heterocycles. The standard InChI is InChI=1S/C15H18ClN3OS/c1-9(2)14(10-3-5-11(16)6-4-10)19-15(20)12-8-21-13(7-17)18-12/h3-6,8-9,14H,7,17H2,1-2H3,(H,19,20). The summed E-state index contributed by atoms with van der Waals surface area (Å²) in [4.78, 5) is 16.5. The van der Waals surface area contributed by atoms with E-state index in [-0.39, 0.29) is 17.9 Å². The molecule has 0 aliphatic rings. The highest BCUT2D eigenvalue weighted by atomic mass is 35.5. The fourth-order valence-corrected chi connectivity index (χ4v) is 2.81. The summed E-state index contributed by atoms with van der Waals surface area (Å²) in [6.07, 6.45) is 0. The Hall–Kier alpha value is -1.43. The lowest BCUT2D eigenvalue weighted by atomic mass is 9.96. The summed E-state index contributed by atoms with van der Waals surface area (Å²) in [5.41, 5.74) is 6.96. The summed E-state index contributed by atoms with van der Waals surface area (Å²) in [5.74, 6) is 0.0716. The Morgan fingerprint density at radius 2 is 2.05 bits per heavy atom. The molecule has 0 aliphatic carbocycles. The van der Waals surface area contributed by atoms with Gasteiger partial charge in [0.25, 0.3) is 5.91 Å². The third kappa shape index (κ3) is 4.03. The molecule has 0 saturated carbocycles. The van der Waals surface area contributed by atoms with Crippen molar-refractivity contribution in [2.24, 2.45) is 11.7 Å². The zero-order valence-corrected chi connectivity index (χ0v) is 13.5. The number of rotatable bonds is 5. The van der Waals surface area contributed by atoms with Crippen LogP contribution in [-0.4, -0.2) is 10.9 Å².